The Kier molecular flexibility index (Phi) is 5.77. The minimum atomic E-state index is -0.538. The summed E-state index contributed by atoms with van der Waals surface area (Å²) >= 11 is 0. The van der Waals surface area contributed by atoms with Crippen LogP contribution in [0.5, 0.6) is 0 Å². The van der Waals surface area contributed by atoms with Crippen LogP contribution in [0.1, 0.15) is 28.4 Å². The Morgan fingerprint density at radius 1 is 1.06 bits per heavy atom. The lowest BCUT2D eigenvalue weighted by atomic mass is 10.1. The van der Waals surface area contributed by atoms with Crippen molar-refractivity contribution < 1.29 is 23.0 Å². The fourth-order valence-corrected chi connectivity index (χ4v) is 3.46. The topological polar surface area (TPSA) is 117 Å². The maximum atomic E-state index is 13.3. The van der Waals surface area contributed by atoms with E-state index in [9.17, 15) is 9.18 Å². The van der Waals surface area contributed by atoms with Crippen LogP contribution in [0.25, 0.3) is 33.7 Å². The van der Waals surface area contributed by atoms with E-state index in [1.807, 2.05) is 6.07 Å². The molecule has 0 amide bonds. The number of fused-ring (bicyclic) bond motifs is 1. The minimum Gasteiger partial charge on any atom is -0.462 e. The molecule has 34 heavy (non-hydrogen) atoms. The number of esters is 1. The van der Waals surface area contributed by atoms with Crippen molar-refractivity contribution in [3.63, 3.8) is 0 Å². The van der Waals surface area contributed by atoms with E-state index < -0.39 is 5.97 Å². The van der Waals surface area contributed by atoms with Crippen molar-refractivity contribution in [1.29, 1.82) is 0 Å². The highest BCUT2D eigenvalue weighted by atomic mass is 19.1. The molecule has 0 saturated carbocycles. The molecule has 9 nitrogen and oxygen atoms in total. The molecule has 0 atom stereocenters. The fraction of sp³-hybridized carbons (Fsp3) is 0.167. The number of ether oxygens (including phenoxy) is 1. The number of hydrogen-bond acceptors (Lipinski definition) is 9. The van der Waals surface area contributed by atoms with Crippen LogP contribution in [-0.4, -0.2) is 37.8 Å². The molecule has 5 aromatic rings. The van der Waals surface area contributed by atoms with E-state index in [0.717, 1.165) is 5.56 Å². The second-order valence-electron chi connectivity index (χ2n) is 7.50. The van der Waals surface area contributed by atoms with Gasteiger partial charge in [-0.3, -0.25) is 4.98 Å². The summed E-state index contributed by atoms with van der Waals surface area (Å²) in [7, 11) is 0. The van der Waals surface area contributed by atoms with Crippen molar-refractivity contribution in [2.75, 3.05) is 6.61 Å². The second-order valence-corrected chi connectivity index (χ2v) is 7.50. The van der Waals surface area contributed by atoms with E-state index in [1.165, 1.54) is 12.1 Å². The van der Waals surface area contributed by atoms with Crippen molar-refractivity contribution in [2.45, 2.75) is 19.8 Å². The first kappa shape index (κ1) is 21.4. The maximum absolute atomic E-state index is 13.3. The van der Waals surface area contributed by atoms with Crippen molar-refractivity contribution in [2.24, 2.45) is 0 Å². The minimum absolute atomic E-state index is 0.142. The van der Waals surface area contributed by atoms with E-state index in [4.69, 9.17) is 13.8 Å². The van der Waals surface area contributed by atoms with Gasteiger partial charge < -0.3 is 13.8 Å². The summed E-state index contributed by atoms with van der Waals surface area (Å²) in [5.74, 6) is -0.0115. The third-order valence-electron chi connectivity index (χ3n) is 5.13. The van der Waals surface area contributed by atoms with Gasteiger partial charge in [-0.15, -0.1) is 0 Å². The first-order chi connectivity index (χ1) is 16.6. The second kappa shape index (κ2) is 9.18. The van der Waals surface area contributed by atoms with Crippen molar-refractivity contribution in [1.82, 2.24) is 25.3 Å². The van der Waals surface area contributed by atoms with Gasteiger partial charge in [0, 0.05) is 29.9 Å². The first-order valence-corrected chi connectivity index (χ1v) is 10.5. The molecule has 4 aromatic heterocycles. The van der Waals surface area contributed by atoms with Gasteiger partial charge in [0.15, 0.2) is 0 Å². The summed E-state index contributed by atoms with van der Waals surface area (Å²) in [6.07, 6.45) is 4.25. The lowest BCUT2D eigenvalue weighted by molar-refractivity contribution is 0.0500. The predicted octanol–water partition coefficient (Wildman–Crippen LogP) is 4.57. The summed E-state index contributed by atoms with van der Waals surface area (Å²) < 4.78 is 29.3. The molecule has 170 valence electrons. The molecule has 0 aliphatic heterocycles. The molecule has 0 saturated heterocycles. The molecule has 0 aliphatic carbocycles. The van der Waals surface area contributed by atoms with E-state index >= 15 is 0 Å². The van der Waals surface area contributed by atoms with Crippen LogP contribution in [-0.2, 0) is 11.2 Å². The third kappa shape index (κ3) is 4.38. The molecule has 0 unspecified atom stereocenters. The molecule has 0 aliphatic rings. The summed E-state index contributed by atoms with van der Waals surface area (Å²) in [5.41, 5.74) is 2.84. The highest BCUT2D eigenvalue weighted by Gasteiger charge is 2.20. The van der Waals surface area contributed by atoms with Gasteiger partial charge in [0.05, 0.1) is 28.9 Å². The molecule has 5 rings (SSSR count). The Morgan fingerprint density at radius 3 is 2.71 bits per heavy atom. The molecule has 0 bridgehead atoms. The third-order valence-corrected chi connectivity index (χ3v) is 5.13. The van der Waals surface area contributed by atoms with E-state index in [1.54, 1.807) is 43.6 Å². The Labute approximate surface area is 192 Å². The Bertz CT molecular complexity index is 1450. The number of carbonyl (C=O) groups is 1. The summed E-state index contributed by atoms with van der Waals surface area (Å²) in [4.78, 5) is 25.7. The zero-order valence-corrected chi connectivity index (χ0v) is 18.1. The molecule has 1 aromatic carbocycles. The van der Waals surface area contributed by atoms with Gasteiger partial charge in [-0.25, -0.2) is 14.2 Å². The Hall–Kier alpha value is -4.47. The highest BCUT2D eigenvalue weighted by Crippen LogP contribution is 2.28. The van der Waals surface area contributed by atoms with E-state index in [2.05, 4.69) is 25.3 Å². The van der Waals surface area contributed by atoms with Crippen LogP contribution in [0, 0.1) is 12.7 Å². The van der Waals surface area contributed by atoms with Crippen LogP contribution in [0.4, 0.5) is 4.39 Å². The molecule has 0 spiro atoms. The summed E-state index contributed by atoms with van der Waals surface area (Å²) in [6.45, 7) is 1.86. The normalized spacial score (nSPS) is 11.1. The smallest absolute Gasteiger partial charge is 0.339 e. The fourth-order valence-electron chi connectivity index (χ4n) is 3.46. The highest BCUT2D eigenvalue weighted by molar-refractivity contribution is 6.04. The average Bonchev–Trinajstić information content (AvgIpc) is 3.49. The lowest BCUT2D eigenvalue weighted by Gasteiger charge is -2.07. The zero-order chi connectivity index (χ0) is 23.5. The average molecular weight is 459 g/mol. The van der Waals surface area contributed by atoms with Gasteiger partial charge in [-0.2, -0.15) is 4.98 Å². The molecule has 4 heterocycles. The number of carbonyl (C=O) groups excluding carboxylic acids is 1. The number of hydrogen-bond donors (Lipinski definition) is 0. The number of benzene rings is 1. The Balaban J connectivity index is 1.28. The number of aromatic nitrogens is 5. The lowest BCUT2D eigenvalue weighted by Crippen LogP contribution is -2.09. The molecule has 0 fully saturated rings. The SMILES string of the molecule is Cc1noc2nc(-c3ccc(F)cc3)cc(C(=O)OCCCc3nc(-c4cccnc4)no3)c12. The maximum Gasteiger partial charge on any atom is 0.339 e. The number of rotatable bonds is 7. The number of pyridine rings is 2. The van der Waals surface area contributed by atoms with Crippen LogP contribution in [0.3, 0.4) is 0 Å². The van der Waals surface area contributed by atoms with Crippen molar-refractivity contribution in [3.8, 4) is 22.6 Å². The summed E-state index contributed by atoms with van der Waals surface area (Å²) in [6, 6.07) is 11.0. The zero-order valence-electron chi connectivity index (χ0n) is 18.1. The Morgan fingerprint density at radius 2 is 1.91 bits per heavy atom. The standard InChI is InChI=1S/C24H18FN5O4/c1-14-21-18(12-19(27-23(21)34-29-14)15-6-8-17(25)9-7-15)24(31)32-11-3-5-20-28-22(30-33-20)16-4-2-10-26-13-16/h2,4,6-10,12-13H,3,5,11H2,1H3. The number of aryl methyl sites for hydroxylation is 2. The van der Waals surface area contributed by atoms with Gasteiger partial charge in [0.25, 0.3) is 5.71 Å². The molecule has 0 N–H and O–H groups in total. The monoisotopic (exact) mass is 459 g/mol. The number of halogens is 1. The first-order valence-electron chi connectivity index (χ1n) is 10.5. The van der Waals surface area contributed by atoms with Gasteiger partial charge in [-0.05, 0) is 55.8 Å². The van der Waals surface area contributed by atoms with Gasteiger partial charge in [0.1, 0.15) is 5.82 Å². The molecule has 10 heteroatoms. The van der Waals surface area contributed by atoms with Crippen molar-refractivity contribution >= 4 is 17.1 Å². The molecule has 0 radical (unpaired) electrons. The van der Waals surface area contributed by atoms with Crippen LogP contribution < -0.4 is 0 Å². The van der Waals surface area contributed by atoms with Gasteiger partial charge in [0.2, 0.25) is 11.7 Å². The molecular weight excluding hydrogens is 441 g/mol. The van der Waals surface area contributed by atoms with E-state index in [-0.39, 0.29) is 23.7 Å². The van der Waals surface area contributed by atoms with Crippen molar-refractivity contribution in [3.05, 3.63) is 77.8 Å². The molecular formula is C24H18FN5O4. The van der Waals surface area contributed by atoms with E-state index in [0.29, 0.717) is 46.9 Å². The van der Waals surface area contributed by atoms with Crippen LogP contribution in [0.15, 0.2) is 63.9 Å². The predicted molar refractivity (Wildman–Crippen MR) is 118 cm³/mol. The van der Waals surface area contributed by atoms with Crippen LogP contribution >= 0.6 is 0 Å². The van der Waals surface area contributed by atoms with Gasteiger partial charge >= 0.3 is 5.97 Å². The summed E-state index contributed by atoms with van der Waals surface area (Å²) in [5, 5.41) is 8.34. The largest absolute Gasteiger partial charge is 0.462 e. The van der Waals surface area contributed by atoms with Gasteiger partial charge in [-0.1, -0.05) is 10.3 Å². The quantitative estimate of drug-likeness (QED) is 0.255. The van der Waals surface area contributed by atoms with Crippen LogP contribution in [0.2, 0.25) is 0 Å². The number of nitrogens with zero attached hydrogens (tertiary/aromatic N) is 5.